The van der Waals surface area contributed by atoms with Crippen LogP contribution in [0.25, 0.3) is 0 Å². The van der Waals surface area contributed by atoms with Gasteiger partial charge in [-0.25, -0.2) is 9.78 Å². The quantitative estimate of drug-likeness (QED) is 0.851. The van der Waals surface area contributed by atoms with Gasteiger partial charge in [-0.2, -0.15) is 0 Å². The molecule has 7 heteroatoms. The van der Waals surface area contributed by atoms with Crippen molar-refractivity contribution in [2.24, 2.45) is 0 Å². The smallest absolute Gasteiger partial charge is 0.322 e. The highest BCUT2D eigenvalue weighted by molar-refractivity contribution is 7.09. The summed E-state index contributed by atoms with van der Waals surface area (Å²) < 4.78 is 0. The summed E-state index contributed by atoms with van der Waals surface area (Å²) in [7, 11) is 0. The van der Waals surface area contributed by atoms with Gasteiger partial charge in [0, 0.05) is 30.6 Å². The van der Waals surface area contributed by atoms with Gasteiger partial charge in [-0.15, -0.1) is 11.3 Å². The zero-order valence-electron chi connectivity index (χ0n) is 13.3. The largest absolute Gasteiger partial charge is 0.325 e. The molecule has 1 aromatic heterocycles. The Hall–Kier alpha value is -1.47. The van der Waals surface area contributed by atoms with Gasteiger partial charge in [0.1, 0.15) is 5.54 Å². The summed E-state index contributed by atoms with van der Waals surface area (Å²) in [5.41, 5.74) is 2.26. The molecule has 2 aliphatic heterocycles. The van der Waals surface area contributed by atoms with Crippen molar-refractivity contribution >= 4 is 23.3 Å². The van der Waals surface area contributed by atoms with Crippen LogP contribution in [0.3, 0.4) is 0 Å². The highest BCUT2D eigenvalue weighted by Crippen LogP contribution is 2.30. The summed E-state index contributed by atoms with van der Waals surface area (Å²) in [5.74, 6) is -0.0658. The molecule has 120 valence electrons. The van der Waals surface area contributed by atoms with Crippen LogP contribution in [0.4, 0.5) is 4.79 Å². The minimum Gasteiger partial charge on any atom is -0.322 e. The lowest BCUT2D eigenvalue weighted by atomic mass is 9.98. The number of thiazole rings is 1. The standard InChI is InChI=1S/C15H22N4O2S/c1-10(2)19-13(20)15(17-14(19)21)5-7-18(8-15)6-4-12-11(3)16-9-22-12/h9-10H,4-8H2,1-3H3,(H,17,21)/t15-/m0/s1. The predicted molar refractivity (Wildman–Crippen MR) is 84.9 cm³/mol. The SMILES string of the molecule is Cc1ncsc1CCN1CC[C@@]2(C1)NC(=O)N(C(C)C)C2=O. The van der Waals surface area contributed by atoms with Crippen molar-refractivity contribution in [2.75, 3.05) is 19.6 Å². The number of carbonyl (C=O) groups is 2. The van der Waals surface area contributed by atoms with Gasteiger partial charge in [-0.05, 0) is 33.6 Å². The van der Waals surface area contributed by atoms with Crippen LogP contribution in [-0.4, -0.2) is 57.9 Å². The van der Waals surface area contributed by atoms with Crippen LogP contribution >= 0.6 is 11.3 Å². The lowest BCUT2D eigenvalue weighted by Crippen LogP contribution is -2.49. The number of amides is 3. The molecule has 2 aliphatic rings. The van der Waals surface area contributed by atoms with Gasteiger partial charge < -0.3 is 5.32 Å². The number of hydrogen-bond acceptors (Lipinski definition) is 5. The van der Waals surface area contributed by atoms with E-state index in [0.717, 1.165) is 25.2 Å². The molecular weight excluding hydrogens is 300 g/mol. The average molecular weight is 322 g/mol. The Morgan fingerprint density at radius 1 is 1.45 bits per heavy atom. The second-order valence-corrected chi connectivity index (χ2v) is 7.36. The maximum absolute atomic E-state index is 12.6. The van der Waals surface area contributed by atoms with Crippen LogP contribution in [0.1, 0.15) is 30.8 Å². The van der Waals surface area contributed by atoms with E-state index in [1.807, 2.05) is 26.3 Å². The van der Waals surface area contributed by atoms with E-state index in [-0.39, 0.29) is 18.0 Å². The Morgan fingerprint density at radius 3 is 2.82 bits per heavy atom. The molecule has 3 rings (SSSR count). The van der Waals surface area contributed by atoms with Gasteiger partial charge in [0.05, 0.1) is 11.2 Å². The number of nitrogens with zero attached hydrogens (tertiary/aromatic N) is 3. The first-order valence-corrected chi connectivity index (χ1v) is 8.58. The van der Waals surface area contributed by atoms with E-state index in [4.69, 9.17) is 0 Å². The molecule has 0 unspecified atom stereocenters. The molecule has 22 heavy (non-hydrogen) atoms. The van der Waals surface area contributed by atoms with Gasteiger partial charge >= 0.3 is 6.03 Å². The van der Waals surface area contributed by atoms with Crippen molar-refractivity contribution in [1.29, 1.82) is 0 Å². The van der Waals surface area contributed by atoms with E-state index in [2.05, 4.69) is 15.2 Å². The molecule has 0 aromatic carbocycles. The van der Waals surface area contributed by atoms with Gasteiger partial charge in [0.2, 0.25) is 0 Å². The third kappa shape index (κ3) is 2.52. The number of aryl methyl sites for hydroxylation is 1. The zero-order valence-corrected chi connectivity index (χ0v) is 14.1. The number of nitrogens with one attached hydrogen (secondary N) is 1. The Morgan fingerprint density at radius 2 is 2.23 bits per heavy atom. The summed E-state index contributed by atoms with van der Waals surface area (Å²) in [6.07, 6.45) is 1.64. The molecule has 2 fully saturated rings. The molecule has 2 saturated heterocycles. The highest BCUT2D eigenvalue weighted by Gasteiger charge is 2.54. The summed E-state index contributed by atoms with van der Waals surface area (Å²) >= 11 is 1.68. The van der Waals surface area contributed by atoms with Gasteiger partial charge in [-0.1, -0.05) is 0 Å². The number of urea groups is 1. The molecule has 0 bridgehead atoms. The van der Waals surface area contributed by atoms with Gasteiger partial charge in [0.25, 0.3) is 5.91 Å². The lowest BCUT2D eigenvalue weighted by molar-refractivity contribution is -0.132. The Bertz CT molecular complexity index is 600. The van der Waals surface area contributed by atoms with Crippen molar-refractivity contribution in [3.63, 3.8) is 0 Å². The number of hydrogen-bond donors (Lipinski definition) is 1. The molecular formula is C15H22N4O2S. The molecule has 3 heterocycles. The van der Waals surface area contributed by atoms with E-state index in [0.29, 0.717) is 13.0 Å². The fourth-order valence-electron chi connectivity index (χ4n) is 3.29. The third-order valence-electron chi connectivity index (χ3n) is 4.56. The summed E-state index contributed by atoms with van der Waals surface area (Å²) in [6.45, 7) is 8.12. The molecule has 1 atom stereocenters. The minimum absolute atomic E-state index is 0.0658. The average Bonchev–Trinajstić information content (AvgIpc) is 3.09. The number of likely N-dealkylation sites (tertiary alicyclic amines) is 1. The van der Waals surface area contributed by atoms with Crippen molar-refractivity contribution in [1.82, 2.24) is 20.1 Å². The van der Waals surface area contributed by atoms with Crippen molar-refractivity contribution in [3.8, 4) is 0 Å². The minimum atomic E-state index is -0.704. The van der Waals surface area contributed by atoms with Crippen LogP contribution in [0.5, 0.6) is 0 Å². The van der Waals surface area contributed by atoms with E-state index < -0.39 is 5.54 Å². The van der Waals surface area contributed by atoms with E-state index >= 15 is 0 Å². The molecule has 1 N–H and O–H groups in total. The first-order chi connectivity index (χ1) is 10.4. The molecule has 1 spiro atoms. The second kappa shape index (κ2) is 5.62. The molecule has 1 aromatic rings. The fourth-order valence-corrected chi connectivity index (χ4v) is 4.06. The lowest BCUT2D eigenvalue weighted by Gasteiger charge is -2.23. The third-order valence-corrected chi connectivity index (χ3v) is 5.55. The van der Waals surface area contributed by atoms with E-state index in [9.17, 15) is 9.59 Å². The van der Waals surface area contributed by atoms with Crippen molar-refractivity contribution in [2.45, 2.75) is 45.2 Å². The first-order valence-electron chi connectivity index (χ1n) is 7.70. The zero-order chi connectivity index (χ0) is 15.9. The van der Waals surface area contributed by atoms with Gasteiger partial charge in [-0.3, -0.25) is 14.6 Å². The molecule has 0 saturated carbocycles. The van der Waals surface area contributed by atoms with Crippen LogP contribution in [0.15, 0.2) is 5.51 Å². The highest BCUT2D eigenvalue weighted by atomic mass is 32.1. The molecule has 3 amide bonds. The Labute approximate surface area is 134 Å². The van der Waals surface area contributed by atoms with Crippen LogP contribution in [0, 0.1) is 6.92 Å². The van der Waals surface area contributed by atoms with E-state index in [1.165, 1.54) is 9.78 Å². The van der Waals surface area contributed by atoms with Crippen molar-refractivity contribution in [3.05, 3.63) is 16.1 Å². The maximum atomic E-state index is 12.6. The maximum Gasteiger partial charge on any atom is 0.325 e. The van der Waals surface area contributed by atoms with Gasteiger partial charge in [0.15, 0.2) is 0 Å². The molecule has 0 aliphatic carbocycles. The monoisotopic (exact) mass is 322 g/mol. The number of carbonyl (C=O) groups excluding carboxylic acids is 2. The van der Waals surface area contributed by atoms with Crippen molar-refractivity contribution < 1.29 is 9.59 Å². The second-order valence-electron chi connectivity index (χ2n) is 6.42. The van der Waals surface area contributed by atoms with Crippen LogP contribution in [-0.2, 0) is 11.2 Å². The molecule has 6 nitrogen and oxygen atoms in total. The Balaban J connectivity index is 1.64. The topological polar surface area (TPSA) is 65.5 Å². The number of aromatic nitrogens is 1. The molecule has 0 radical (unpaired) electrons. The van der Waals surface area contributed by atoms with Crippen LogP contribution in [0.2, 0.25) is 0 Å². The first kappa shape index (κ1) is 15.4. The summed E-state index contributed by atoms with van der Waals surface area (Å²) in [4.78, 5) is 33.9. The Kier molecular flexibility index (Phi) is 3.94. The predicted octanol–water partition coefficient (Wildman–Crippen LogP) is 1.40. The summed E-state index contributed by atoms with van der Waals surface area (Å²) in [6, 6.07) is -0.346. The fraction of sp³-hybridized carbons (Fsp3) is 0.667. The van der Waals surface area contributed by atoms with E-state index in [1.54, 1.807) is 11.3 Å². The normalized spacial score (nSPS) is 25.7. The number of rotatable bonds is 4. The summed E-state index contributed by atoms with van der Waals surface area (Å²) in [5, 5.41) is 2.93. The number of imide groups is 1. The van der Waals surface area contributed by atoms with Crippen LogP contribution < -0.4 is 5.32 Å².